The second-order valence-corrected chi connectivity index (χ2v) is 4.60. The summed E-state index contributed by atoms with van der Waals surface area (Å²) in [7, 11) is 0. The second-order valence-electron chi connectivity index (χ2n) is 4.60. The van der Waals surface area contributed by atoms with Gasteiger partial charge < -0.3 is 10.2 Å². The maximum atomic E-state index is 3.40. The van der Waals surface area contributed by atoms with E-state index >= 15 is 0 Å². The molecule has 1 aromatic carbocycles. The van der Waals surface area contributed by atoms with Gasteiger partial charge in [-0.2, -0.15) is 0 Å². The minimum Gasteiger partial charge on any atom is -0.372 e. The van der Waals surface area contributed by atoms with Crippen LogP contribution >= 0.6 is 0 Å². The molecule has 0 atom stereocenters. The number of rotatable bonds is 1. The Morgan fingerprint density at radius 1 is 0.933 bits per heavy atom. The van der Waals surface area contributed by atoms with Crippen molar-refractivity contribution >= 4 is 5.69 Å². The van der Waals surface area contributed by atoms with Crippen molar-refractivity contribution in [3.05, 3.63) is 29.3 Å². The molecule has 0 radical (unpaired) electrons. The highest BCUT2D eigenvalue weighted by Crippen LogP contribution is 2.25. The van der Waals surface area contributed by atoms with Gasteiger partial charge in [0.05, 0.1) is 0 Å². The Morgan fingerprint density at radius 2 is 1.73 bits per heavy atom. The van der Waals surface area contributed by atoms with Gasteiger partial charge in [-0.05, 0) is 42.5 Å². The number of nitrogens with zero attached hydrogens (tertiary/aromatic N) is 1. The van der Waals surface area contributed by atoms with Crippen LogP contribution in [-0.2, 0) is 13.1 Å². The highest BCUT2D eigenvalue weighted by molar-refractivity contribution is 5.52. The summed E-state index contributed by atoms with van der Waals surface area (Å²) in [4.78, 5) is 2.53. The number of benzene rings is 1. The second kappa shape index (κ2) is 3.86. The Kier molecular flexibility index (Phi) is 2.37. The van der Waals surface area contributed by atoms with E-state index in [2.05, 4.69) is 28.4 Å². The fraction of sp³-hybridized carbons (Fsp3) is 0.538. The monoisotopic (exact) mass is 202 g/mol. The molecule has 0 amide bonds. The van der Waals surface area contributed by atoms with Crippen molar-refractivity contribution in [3.63, 3.8) is 0 Å². The van der Waals surface area contributed by atoms with Crippen LogP contribution in [0, 0.1) is 0 Å². The summed E-state index contributed by atoms with van der Waals surface area (Å²) in [5, 5.41) is 3.40. The minimum atomic E-state index is 1.05. The number of piperidine rings is 1. The summed E-state index contributed by atoms with van der Waals surface area (Å²) in [6, 6.07) is 6.96. The molecule has 0 spiro atoms. The van der Waals surface area contributed by atoms with Gasteiger partial charge in [0.1, 0.15) is 0 Å². The minimum absolute atomic E-state index is 1.05. The maximum Gasteiger partial charge on any atom is 0.0369 e. The Morgan fingerprint density at radius 3 is 2.60 bits per heavy atom. The molecule has 2 aliphatic heterocycles. The van der Waals surface area contributed by atoms with Crippen LogP contribution in [0.2, 0.25) is 0 Å². The van der Waals surface area contributed by atoms with Crippen molar-refractivity contribution in [1.29, 1.82) is 0 Å². The van der Waals surface area contributed by atoms with Gasteiger partial charge in [0.2, 0.25) is 0 Å². The quantitative estimate of drug-likeness (QED) is 0.751. The number of nitrogens with one attached hydrogen (secondary N) is 1. The van der Waals surface area contributed by atoms with Crippen LogP contribution in [0.1, 0.15) is 30.4 Å². The van der Waals surface area contributed by atoms with Gasteiger partial charge in [0.25, 0.3) is 0 Å². The van der Waals surface area contributed by atoms with Crippen LogP contribution in [0.5, 0.6) is 0 Å². The van der Waals surface area contributed by atoms with Crippen LogP contribution in [0.3, 0.4) is 0 Å². The van der Waals surface area contributed by atoms with Crippen molar-refractivity contribution in [3.8, 4) is 0 Å². The summed E-state index contributed by atoms with van der Waals surface area (Å²) in [6.45, 7) is 4.59. The molecule has 15 heavy (non-hydrogen) atoms. The van der Waals surface area contributed by atoms with Gasteiger partial charge in [-0.3, -0.25) is 0 Å². The predicted molar refractivity (Wildman–Crippen MR) is 63.0 cm³/mol. The third-order valence-corrected chi connectivity index (χ3v) is 3.54. The lowest BCUT2D eigenvalue weighted by molar-refractivity contribution is 0.577. The third-order valence-electron chi connectivity index (χ3n) is 3.54. The number of hydrogen-bond acceptors (Lipinski definition) is 2. The summed E-state index contributed by atoms with van der Waals surface area (Å²) in [6.07, 6.45) is 4.12. The Balaban J connectivity index is 1.85. The predicted octanol–water partition coefficient (Wildman–Crippen LogP) is 2.28. The molecule has 0 aliphatic carbocycles. The third kappa shape index (κ3) is 1.74. The van der Waals surface area contributed by atoms with Crippen LogP contribution in [0.4, 0.5) is 5.69 Å². The first-order valence-electron chi connectivity index (χ1n) is 6.01. The molecule has 2 aliphatic rings. The summed E-state index contributed by atoms with van der Waals surface area (Å²) in [5.74, 6) is 0. The van der Waals surface area contributed by atoms with E-state index in [9.17, 15) is 0 Å². The summed E-state index contributed by atoms with van der Waals surface area (Å²) in [5.41, 5.74) is 4.41. The first kappa shape index (κ1) is 9.22. The van der Waals surface area contributed by atoms with E-state index in [0.717, 1.165) is 13.1 Å². The highest BCUT2D eigenvalue weighted by Gasteiger charge is 2.14. The molecule has 80 valence electrons. The molecule has 1 N–H and O–H groups in total. The van der Waals surface area contributed by atoms with Crippen molar-refractivity contribution in [1.82, 2.24) is 5.32 Å². The van der Waals surface area contributed by atoms with Gasteiger partial charge in [0.15, 0.2) is 0 Å². The smallest absolute Gasteiger partial charge is 0.0369 e. The zero-order valence-electron chi connectivity index (χ0n) is 9.13. The molecule has 2 heterocycles. The van der Waals surface area contributed by atoms with Crippen LogP contribution in [-0.4, -0.2) is 13.1 Å². The summed E-state index contributed by atoms with van der Waals surface area (Å²) < 4.78 is 0. The van der Waals surface area contributed by atoms with Crippen LogP contribution < -0.4 is 10.2 Å². The molecular formula is C13H18N2. The number of hydrogen-bond donors (Lipinski definition) is 1. The average Bonchev–Trinajstić information content (AvgIpc) is 2.77. The lowest BCUT2D eigenvalue weighted by atomic mass is 10.1. The fourth-order valence-corrected chi connectivity index (χ4v) is 2.63. The molecule has 3 rings (SSSR count). The molecule has 1 saturated heterocycles. The molecule has 2 heteroatoms. The number of fused-ring (bicyclic) bond motifs is 1. The van der Waals surface area contributed by atoms with Gasteiger partial charge in [-0.1, -0.05) is 6.07 Å². The molecule has 1 fully saturated rings. The fourth-order valence-electron chi connectivity index (χ4n) is 2.63. The highest BCUT2D eigenvalue weighted by atomic mass is 15.1. The van der Waals surface area contributed by atoms with Crippen molar-refractivity contribution < 1.29 is 0 Å². The topological polar surface area (TPSA) is 15.3 Å². The Hall–Kier alpha value is -1.02. The van der Waals surface area contributed by atoms with E-state index in [-0.39, 0.29) is 0 Å². The van der Waals surface area contributed by atoms with Crippen LogP contribution in [0.15, 0.2) is 18.2 Å². The zero-order valence-corrected chi connectivity index (χ0v) is 9.13. The largest absolute Gasteiger partial charge is 0.372 e. The van der Waals surface area contributed by atoms with Crippen molar-refractivity contribution in [2.45, 2.75) is 32.4 Å². The molecule has 1 aromatic rings. The lowest BCUT2D eigenvalue weighted by Gasteiger charge is -2.29. The average molecular weight is 202 g/mol. The normalized spacial score (nSPS) is 20.4. The maximum absolute atomic E-state index is 3.40. The van der Waals surface area contributed by atoms with Gasteiger partial charge in [0, 0.05) is 31.9 Å². The lowest BCUT2D eigenvalue weighted by Crippen LogP contribution is -2.29. The molecule has 0 aromatic heterocycles. The summed E-state index contributed by atoms with van der Waals surface area (Å²) >= 11 is 0. The standard InChI is InChI=1S/C13H18N2/c1-2-6-15(7-3-1)13-5-4-11-9-14-10-12(11)8-13/h4-5,8,14H,1-3,6-7,9-10H2. The first-order chi connectivity index (χ1) is 7.43. The number of anilines is 1. The van der Waals surface area contributed by atoms with Crippen molar-refractivity contribution in [2.75, 3.05) is 18.0 Å². The van der Waals surface area contributed by atoms with Crippen molar-refractivity contribution in [2.24, 2.45) is 0 Å². The van der Waals surface area contributed by atoms with Crippen LogP contribution in [0.25, 0.3) is 0 Å². The molecule has 0 bridgehead atoms. The van der Waals surface area contributed by atoms with E-state index in [4.69, 9.17) is 0 Å². The van der Waals surface area contributed by atoms with E-state index < -0.39 is 0 Å². The Bertz CT molecular complexity index is 354. The Labute approximate surface area is 91.3 Å². The molecule has 0 saturated carbocycles. The molecule has 0 unspecified atom stereocenters. The van der Waals surface area contributed by atoms with E-state index in [1.807, 2.05) is 0 Å². The van der Waals surface area contributed by atoms with E-state index in [0.29, 0.717) is 0 Å². The molecule has 2 nitrogen and oxygen atoms in total. The zero-order chi connectivity index (χ0) is 10.1. The van der Waals surface area contributed by atoms with Gasteiger partial charge in [-0.15, -0.1) is 0 Å². The van der Waals surface area contributed by atoms with E-state index in [1.54, 1.807) is 0 Å². The van der Waals surface area contributed by atoms with Gasteiger partial charge >= 0.3 is 0 Å². The van der Waals surface area contributed by atoms with Gasteiger partial charge in [-0.25, -0.2) is 0 Å². The molecular weight excluding hydrogens is 184 g/mol. The first-order valence-corrected chi connectivity index (χ1v) is 6.01. The SMILES string of the molecule is c1cc2c(cc1N1CCCCC1)CNC2. The van der Waals surface area contributed by atoms with E-state index in [1.165, 1.54) is 49.2 Å².